The highest BCUT2D eigenvalue weighted by molar-refractivity contribution is 7.93. The lowest BCUT2D eigenvalue weighted by molar-refractivity contribution is 0.0889. The van der Waals surface area contributed by atoms with Gasteiger partial charge in [0.1, 0.15) is 0 Å². The van der Waals surface area contributed by atoms with Gasteiger partial charge in [-0.05, 0) is 37.8 Å². The fourth-order valence-electron chi connectivity index (χ4n) is 4.78. The van der Waals surface area contributed by atoms with Crippen LogP contribution < -0.4 is 15.6 Å². The Kier molecular flexibility index (Phi) is 7.18. The number of thiazole rings is 1. The van der Waals surface area contributed by atoms with Crippen molar-refractivity contribution >= 4 is 33.0 Å². The van der Waals surface area contributed by atoms with Crippen molar-refractivity contribution in [3.05, 3.63) is 58.0 Å². The van der Waals surface area contributed by atoms with Crippen LogP contribution in [-0.2, 0) is 10.0 Å². The molecule has 4 heterocycles. The third-order valence-electron chi connectivity index (χ3n) is 7.20. The van der Waals surface area contributed by atoms with E-state index in [0.717, 1.165) is 37.5 Å². The number of hydrogen-bond donors (Lipinski definition) is 3. The molecule has 0 bridgehead atoms. The quantitative estimate of drug-likeness (QED) is 0.329. The smallest absolute Gasteiger partial charge is 0.280 e. The van der Waals surface area contributed by atoms with Gasteiger partial charge in [-0.15, -0.1) is 11.3 Å². The van der Waals surface area contributed by atoms with Crippen LogP contribution in [0.4, 0.5) is 5.69 Å². The summed E-state index contributed by atoms with van der Waals surface area (Å²) in [5, 5.41) is 2.96. The van der Waals surface area contributed by atoms with Gasteiger partial charge in [0.2, 0.25) is 10.0 Å². The summed E-state index contributed by atoms with van der Waals surface area (Å²) in [6, 6.07) is 3.55. The van der Waals surface area contributed by atoms with E-state index in [1.807, 2.05) is 0 Å². The molecule has 6 rings (SSSR count). The molecule has 0 aromatic carbocycles. The van der Waals surface area contributed by atoms with Gasteiger partial charge in [-0.3, -0.25) is 34.1 Å². The van der Waals surface area contributed by atoms with E-state index < -0.39 is 16.1 Å². The van der Waals surface area contributed by atoms with Gasteiger partial charge < -0.3 is 10.3 Å². The summed E-state index contributed by atoms with van der Waals surface area (Å²) in [5.74, 6) is -0.370. The number of nitrogens with zero attached hydrogens (tertiary/aromatic N) is 5. The number of aromatic nitrogens is 4. The summed E-state index contributed by atoms with van der Waals surface area (Å²) < 4.78 is 27.7. The Hall–Kier alpha value is -3.20. The van der Waals surface area contributed by atoms with Crippen molar-refractivity contribution in [1.29, 1.82) is 0 Å². The first-order chi connectivity index (χ1) is 18.8. The largest absolute Gasteiger partial charge is 0.340 e. The molecule has 3 aromatic rings. The minimum Gasteiger partial charge on any atom is -0.340 e. The highest BCUT2D eigenvalue weighted by atomic mass is 32.2. The van der Waals surface area contributed by atoms with Crippen LogP contribution in [0.2, 0.25) is 0 Å². The summed E-state index contributed by atoms with van der Waals surface area (Å²) >= 11 is 1.15. The summed E-state index contributed by atoms with van der Waals surface area (Å²) in [7, 11) is -3.43. The molecule has 0 unspecified atom stereocenters. The third-order valence-corrected chi connectivity index (χ3v) is 10.1. The van der Waals surface area contributed by atoms with Gasteiger partial charge in [0, 0.05) is 51.2 Å². The maximum absolute atomic E-state index is 13.3. The second-order valence-electron chi connectivity index (χ2n) is 10.2. The van der Waals surface area contributed by atoms with E-state index in [0.29, 0.717) is 47.4 Å². The topological polar surface area (TPSA) is 153 Å². The first-order valence-electron chi connectivity index (χ1n) is 13.1. The zero-order valence-electron chi connectivity index (χ0n) is 21.2. The maximum atomic E-state index is 13.3. The van der Waals surface area contributed by atoms with Crippen molar-refractivity contribution in [2.24, 2.45) is 0 Å². The summed E-state index contributed by atoms with van der Waals surface area (Å²) in [5.41, 5.74) is 1.15. The van der Waals surface area contributed by atoms with Crippen LogP contribution in [0.3, 0.4) is 0 Å². The van der Waals surface area contributed by atoms with E-state index in [1.54, 1.807) is 18.3 Å². The molecule has 0 radical (unpaired) electrons. The Bertz CT molecular complexity index is 1510. The van der Waals surface area contributed by atoms with Gasteiger partial charge in [-0.1, -0.05) is 0 Å². The molecule has 14 heteroatoms. The molecule has 1 amide bonds. The zero-order chi connectivity index (χ0) is 27.0. The van der Waals surface area contributed by atoms with Gasteiger partial charge in [0.05, 0.1) is 45.6 Å². The van der Waals surface area contributed by atoms with Crippen molar-refractivity contribution in [3.8, 4) is 10.6 Å². The van der Waals surface area contributed by atoms with Crippen molar-refractivity contribution in [3.63, 3.8) is 0 Å². The second kappa shape index (κ2) is 10.8. The van der Waals surface area contributed by atoms with Crippen molar-refractivity contribution < 1.29 is 13.2 Å². The van der Waals surface area contributed by atoms with Crippen LogP contribution in [0.15, 0.2) is 41.7 Å². The third kappa shape index (κ3) is 6.35. The van der Waals surface area contributed by atoms with Crippen LogP contribution in [0.1, 0.15) is 47.2 Å². The van der Waals surface area contributed by atoms with Gasteiger partial charge in [0.15, 0.2) is 5.01 Å². The number of carbonyl (C=O) groups excluding carboxylic acids is 1. The lowest BCUT2D eigenvalue weighted by atomic mass is 10.1. The molecule has 2 saturated carbocycles. The number of sulfonamides is 1. The molecule has 12 nitrogen and oxygen atoms in total. The Labute approximate surface area is 229 Å². The van der Waals surface area contributed by atoms with Gasteiger partial charge in [-0.2, -0.15) is 0 Å². The average Bonchev–Trinajstić information content (AvgIpc) is 3.86. The molecule has 3 aliphatic rings. The lowest BCUT2D eigenvalue weighted by Crippen LogP contribution is -2.49. The predicted molar refractivity (Wildman–Crippen MR) is 147 cm³/mol. The maximum Gasteiger partial charge on any atom is 0.280 e. The predicted octanol–water partition coefficient (Wildman–Crippen LogP) is 1.44. The van der Waals surface area contributed by atoms with E-state index in [4.69, 9.17) is 0 Å². The van der Waals surface area contributed by atoms with E-state index in [-0.39, 0.29) is 21.7 Å². The Morgan fingerprint density at radius 2 is 1.90 bits per heavy atom. The number of piperazine rings is 1. The first-order valence-corrected chi connectivity index (χ1v) is 15.5. The van der Waals surface area contributed by atoms with Crippen LogP contribution >= 0.6 is 11.3 Å². The van der Waals surface area contributed by atoms with Crippen LogP contribution in [0.25, 0.3) is 10.6 Å². The average molecular weight is 571 g/mol. The Morgan fingerprint density at radius 1 is 1.10 bits per heavy atom. The molecule has 3 fully saturated rings. The van der Waals surface area contributed by atoms with Crippen LogP contribution in [-0.4, -0.2) is 88.1 Å². The molecule has 1 saturated heterocycles. The molecule has 206 valence electrons. The SMILES string of the molecule is O=C(N[C@@H](CN1CCN(C2CC2)CC1)c1cc(NS(=O)(=O)C2CC2)ccn1)c1ncc(-c2cncc(=O)[nH]2)s1. The number of pyridine rings is 1. The molecule has 0 spiro atoms. The van der Waals surface area contributed by atoms with Crippen molar-refractivity contribution in [2.45, 2.75) is 43.0 Å². The minimum atomic E-state index is -3.43. The fourth-order valence-corrected chi connectivity index (χ4v) is 6.94. The molecule has 3 aromatic heterocycles. The first kappa shape index (κ1) is 26.0. The Morgan fingerprint density at radius 3 is 2.62 bits per heavy atom. The number of aromatic amines is 1. The molecule has 1 atom stereocenters. The summed E-state index contributed by atoms with van der Waals surface area (Å²) in [6.07, 6.45) is 9.67. The number of anilines is 1. The number of hydrogen-bond acceptors (Lipinski definition) is 10. The van der Waals surface area contributed by atoms with Crippen LogP contribution in [0.5, 0.6) is 0 Å². The number of H-pyrrole nitrogens is 1. The highest BCUT2D eigenvalue weighted by Gasteiger charge is 2.36. The molecule has 1 aliphatic heterocycles. The number of rotatable bonds is 10. The zero-order valence-corrected chi connectivity index (χ0v) is 22.9. The van der Waals surface area contributed by atoms with E-state index >= 15 is 0 Å². The molecular formula is C25H30N8O4S2. The minimum absolute atomic E-state index is 0.240. The number of nitrogens with one attached hydrogen (secondary N) is 3. The van der Waals surface area contributed by atoms with Crippen molar-refractivity contribution in [2.75, 3.05) is 37.4 Å². The molecule has 3 N–H and O–H groups in total. The molecule has 39 heavy (non-hydrogen) atoms. The van der Waals surface area contributed by atoms with E-state index in [9.17, 15) is 18.0 Å². The summed E-state index contributed by atoms with van der Waals surface area (Å²) in [6.45, 7) is 4.27. The second-order valence-corrected chi connectivity index (χ2v) is 13.2. The van der Waals surface area contributed by atoms with E-state index in [1.165, 1.54) is 31.4 Å². The normalized spacial score (nSPS) is 19.5. The highest BCUT2D eigenvalue weighted by Crippen LogP contribution is 2.31. The van der Waals surface area contributed by atoms with Crippen molar-refractivity contribution in [1.82, 2.24) is 35.1 Å². The monoisotopic (exact) mass is 570 g/mol. The lowest BCUT2D eigenvalue weighted by Gasteiger charge is -2.36. The van der Waals surface area contributed by atoms with E-state index in [2.05, 4.69) is 39.8 Å². The van der Waals surface area contributed by atoms with Gasteiger partial charge >= 0.3 is 0 Å². The van der Waals surface area contributed by atoms with Crippen LogP contribution in [0, 0.1) is 0 Å². The number of amides is 1. The van der Waals surface area contributed by atoms with Gasteiger partial charge in [0.25, 0.3) is 11.5 Å². The number of carbonyl (C=O) groups is 1. The standard InChI is InChI=1S/C25H30N8O4S2/c34-23-14-26-12-20(29-23)22-13-28-25(38-22)24(35)30-21(15-32-7-9-33(10-8-32)17-1-2-17)19-11-16(5-6-27-19)31-39(36,37)18-3-4-18/h5-6,11-14,17-18,21H,1-4,7-10,15H2,(H,27,31)(H,29,34)(H,30,35)/t21-/m0/s1. The Balaban J connectivity index is 1.20. The summed E-state index contributed by atoms with van der Waals surface area (Å²) in [4.78, 5) is 45.8. The molecular weight excluding hydrogens is 540 g/mol. The van der Waals surface area contributed by atoms with Gasteiger partial charge in [-0.25, -0.2) is 13.4 Å². The molecule has 2 aliphatic carbocycles. The fraction of sp³-hybridized carbons (Fsp3) is 0.480.